The number of phenols is 1. The zero-order chi connectivity index (χ0) is 23.5. The molecule has 0 aliphatic carbocycles. The average Bonchev–Trinajstić information content (AvgIpc) is 3.42. The number of carbonyl (C=O) groups excluding carboxylic acids is 2. The lowest BCUT2D eigenvalue weighted by molar-refractivity contribution is -0.120. The molecule has 2 amide bonds. The Morgan fingerprint density at radius 3 is 2.85 bits per heavy atom. The third-order valence-electron chi connectivity index (χ3n) is 6.03. The first-order chi connectivity index (χ1) is 15.9. The summed E-state index contributed by atoms with van der Waals surface area (Å²) in [5.74, 6) is -1.44. The van der Waals surface area contributed by atoms with E-state index in [-0.39, 0.29) is 23.8 Å². The number of carbonyl (C=O) groups is 2. The van der Waals surface area contributed by atoms with Crippen LogP contribution >= 0.6 is 11.3 Å². The van der Waals surface area contributed by atoms with Gasteiger partial charge in [0.15, 0.2) is 5.13 Å². The van der Waals surface area contributed by atoms with Crippen LogP contribution in [0.25, 0.3) is 0 Å². The van der Waals surface area contributed by atoms with Crippen molar-refractivity contribution >= 4 is 28.3 Å². The number of unbranched alkanes of at least 4 members (excludes halogenated alkanes) is 1. The van der Waals surface area contributed by atoms with Gasteiger partial charge in [-0.05, 0) is 47.7 Å². The predicted molar refractivity (Wildman–Crippen MR) is 126 cm³/mol. The highest BCUT2D eigenvalue weighted by Gasteiger charge is 2.39. The Bertz CT molecular complexity index is 1170. The molecular weight excluding hydrogens is 441 g/mol. The molecule has 0 spiro atoms. The summed E-state index contributed by atoms with van der Waals surface area (Å²) in [4.78, 5) is 32.2. The Kier molecular flexibility index (Phi) is 6.74. The van der Waals surface area contributed by atoms with Crippen molar-refractivity contribution in [2.45, 2.75) is 51.6 Å². The van der Waals surface area contributed by atoms with Gasteiger partial charge in [0.25, 0.3) is 11.8 Å². The number of anilines is 1. The molecule has 3 aromatic rings. The summed E-state index contributed by atoms with van der Waals surface area (Å²) in [6.45, 7) is 4.48. The molecule has 2 unspecified atom stereocenters. The number of rotatable bonds is 8. The fourth-order valence-electron chi connectivity index (χ4n) is 4.19. The van der Waals surface area contributed by atoms with Gasteiger partial charge in [-0.2, -0.15) is 0 Å². The van der Waals surface area contributed by atoms with E-state index in [9.17, 15) is 19.1 Å². The summed E-state index contributed by atoms with van der Waals surface area (Å²) < 4.78 is 14.1. The van der Waals surface area contributed by atoms with Crippen LogP contribution in [0.2, 0.25) is 0 Å². The predicted octanol–water partition coefficient (Wildman–Crippen LogP) is 5.62. The molecular formula is C25H26FN3O3S. The van der Waals surface area contributed by atoms with Crippen LogP contribution in [0.3, 0.4) is 0 Å². The molecule has 4 rings (SSSR count). The lowest BCUT2D eigenvalue weighted by Crippen LogP contribution is -2.37. The Morgan fingerprint density at radius 2 is 2.12 bits per heavy atom. The summed E-state index contributed by atoms with van der Waals surface area (Å²) in [5, 5.41) is 15.2. The third-order valence-corrected chi connectivity index (χ3v) is 6.72. The van der Waals surface area contributed by atoms with E-state index in [4.69, 9.17) is 0 Å². The van der Waals surface area contributed by atoms with Crippen molar-refractivity contribution < 1.29 is 19.1 Å². The monoisotopic (exact) mass is 467 g/mol. The van der Waals surface area contributed by atoms with Crippen molar-refractivity contribution in [1.82, 2.24) is 9.88 Å². The number of nitrogens with zero attached hydrogens (tertiary/aromatic N) is 2. The summed E-state index contributed by atoms with van der Waals surface area (Å²) in [5.41, 5.74) is 2.45. The highest BCUT2D eigenvalue weighted by molar-refractivity contribution is 7.13. The van der Waals surface area contributed by atoms with Gasteiger partial charge < -0.3 is 10.0 Å². The van der Waals surface area contributed by atoms with Gasteiger partial charge in [-0.3, -0.25) is 14.9 Å². The SMILES string of the molecule is CCCCC(C)c1ccc2c(c1)C(=O)N(C(C(=O)Nc1nccs1)c1cc(F)ccc1O)C2. The summed E-state index contributed by atoms with van der Waals surface area (Å²) in [6.07, 6.45) is 4.79. The van der Waals surface area contributed by atoms with Crippen LogP contribution in [0, 0.1) is 5.82 Å². The minimum atomic E-state index is -1.22. The van der Waals surface area contributed by atoms with Gasteiger partial charge in [0, 0.05) is 29.2 Å². The number of phenolic OH excluding ortho intramolecular Hbond substituents is 1. The first kappa shape index (κ1) is 22.9. The van der Waals surface area contributed by atoms with E-state index < -0.39 is 17.8 Å². The zero-order valence-electron chi connectivity index (χ0n) is 18.5. The number of halogens is 1. The number of hydrogen-bond acceptors (Lipinski definition) is 5. The quantitative estimate of drug-likeness (QED) is 0.451. The maximum atomic E-state index is 14.1. The molecule has 0 fully saturated rings. The van der Waals surface area contributed by atoms with E-state index in [0.29, 0.717) is 16.6 Å². The molecule has 2 atom stereocenters. The van der Waals surface area contributed by atoms with E-state index in [0.717, 1.165) is 42.5 Å². The smallest absolute Gasteiger partial charge is 0.255 e. The molecule has 172 valence electrons. The molecule has 2 heterocycles. The summed E-state index contributed by atoms with van der Waals surface area (Å²) in [6, 6.07) is 8.03. The van der Waals surface area contributed by atoms with Crippen LogP contribution in [-0.2, 0) is 11.3 Å². The highest BCUT2D eigenvalue weighted by atomic mass is 32.1. The van der Waals surface area contributed by atoms with Crippen molar-refractivity contribution in [3.8, 4) is 5.75 Å². The molecule has 0 saturated carbocycles. The van der Waals surface area contributed by atoms with E-state index in [1.165, 1.54) is 22.3 Å². The van der Waals surface area contributed by atoms with E-state index >= 15 is 0 Å². The first-order valence-electron chi connectivity index (χ1n) is 11.0. The fourth-order valence-corrected chi connectivity index (χ4v) is 4.72. The highest BCUT2D eigenvalue weighted by Crippen LogP contribution is 2.37. The number of hydrogen-bond donors (Lipinski definition) is 2. The third kappa shape index (κ3) is 4.75. The van der Waals surface area contributed by atoms with Crippen molar-refractivity contribution in [1.29, 1.82) is 0 Å². The van der Waals surface area contributed by atoms with Crippen molar-refractivity contribution in [3.05, 3.63) is 76.0 Å². The standard InChI is InChI=1S/C25H26FN3O3S/c1-3-4-5-15(2)16-6-7-17-14-29(24(32)19(17)12-16)22(20-13-18(26)8-9-21(20)30)23(31)28-25-27-10-11-33-25/h6-13,15,22,30H,3-5,14H2,1-2H3,(H,27,28,31). The Morgan fingerprint density at radius 1 is 1.30 bits per heavy atom. The molecule has 1 aliphatic rings. The topological polar surface area (TPSA) is 82.5 Å². The van der Waals surface area contributed by atoms with Gasteiger partial charge in [0.05, 0.1) is 0 Å². The molecule has 6 nitrogen and oxygen atoms in total. The molecule has 0 radical (unpaired) electrons. The van der Waals surface area contributed by atoms with Gasteiger partial charge in [0.1, 0.15) is 17.6 Å². The molecule has 0 bridgehead atoms. The van der Waals surface area contributed by atoms with Gasteiger partial charge in [-0.1, -0.05) is 38.8 Å². The molecule has 1 aromatic heterocycles. The maximum Gasteiger partial charge on any atom is 0.255 e. The Labute approximate surface area is 196 Å². The van der Waals surface area contributed by atoms with Gasteiger partial charge >= 0.3 is 0 Å². The number of nitrogens with one attached hydrogen (secondary N) is 1. The minimum absolute atomic E-state index is 0.0294. The van der Waals surface area contributed by atoms with Crippen molar-refractivity contribution in [2.24, 2.45) is 0 Å². The van der Waals surface area contributed by atoms with Crippen molar-refractivity contribution in [3.63, 3.8) is 0 Å². The maximum absolute atomic E-state index is 14.1. The number of aromatic nitrogens is 1. The van der Waals surface area contributed by atoms with Crippen LogP contribution < -0.4 is 5.32 Å². The number of fused-ring (bicyclic) bond motifs is 1. The van der Waals surface area contributed by atoms with Gasteiger partial charge in [-0.15, -0.1) is 11.3 Å². The molecule has 33 heavy (non-hydrogen) atoms. The normalized spacial score (nSPS) is 14.8. The average molecular weight is 468 g/mol. The number of thiazole rings is 1. The molecule has 8 heteroatoms. The number of aromatic hydroxyl groups is 1. The minimum Gasteiger partial charge on any atom is -0.508 e. The molecule has 0 saturated heterocycles. The summed E-state index contributed by atoms with van der Waals surface area (Å²) >= 11 is 1.23. The van der Waals surface area contributed by atoms with Gasteiger partial charge in [0.2, 0.25) is 0 Å². The van der Waals surface area contributed by atoms with E-state index in [1.54, 1.807) is 11.6 Å². The number of amides is 2. The van der Waals surface area contributed by atoms with Crippen LogP contribution in [0.15, 0.2) is 48.0 Å². The lowest BCUT2D eigenvalue weighted by atomic mass is 9.93. The van der Waals surface area contributed by atoms with Crippen LogP contribution in [-0.4, -0.2) is 26.8 Å². The summed E-state index contributed by atoms with van der Waals surface area (Å²) in [7, 11) is 0. The van der Waals surface area contributed by atoms with Crippen LogP contribution in [0.1, 0.15) is 72.1 Å². The second kappa shape index (κ2) is 9.70. The van der Waals surface area contributed by atoms with Crippen LogP contribution in [0.5, 0.6) is 5.75 Å². The zero-order valence-corrected chi connectivity index (χ0v) is 19.4. The molecule has 2 N–H and O–H groups in total. The second-order valence-electron chi connectivity index (χ2n) is 8.33. The first-order valence-corrected chi connectivity index (χ1v) is 11.9. The largest absolute Gasteiger partial charge is 0.508 e. The second-order valence-corrected chi connectivity index (χ2v) is 9.22. The molecule has 2 aromatic carbocycles. The van der Waals surface area contributed by atoms with Crippen molar-refractivity contribution in [2.75, 3.05) is 5.32 Å². The van der Waals surface area contributed by atoms with E-state index in [1.807, 2.05) is 18.2 Å². The number of benzene rings is 2. The van der Waals surface area contributed by atoms with Crippen LogP contribution in [0.4, 0.5) is 9.52 Å². The van der Waals surface area contributed by atoms with E-state index in [2.05, 4.69) is 24.1 Å². The Hall–Kier alpha value is -3.26. The van der Waals surface area contributed by atoms with Gasteiger partial charge in [-0.25, -0.2) is 9.37 Å². The Balaban J connectivity index is 1.68. The lowest BCUT2D eigenvalue weighted by Gasteiger charge is -2.27. The molecule has 1 aliphatic heterocycles. The fraction of sp³-hybridized carbons (Fsp3) is 0.320.